The van der Waals surface area contributed by atoms with Gasteiger partial charge in [-0.25, -0.2) is 4.98 Å². The van der Waals surface area contributed by atoms with Crippen LogP contribution in [-0.4, -0.2) is 125 Å². The molecule has 0 unspecified atom stereocenters. The summed E-state index contributed by atoms with van der Waals surface area (Å²) in [6.45, 7) is 14.8. The highest BCUT2D eigenvalue weighted by molar-refractivity contribution is 7.81. The number of ether oxygens (including phenoxy) is 2. The standard InChI is InChI=1S/C54H65F3N8O7S2/c1-34-46(74-33-60-34)38-11-9-35(10-12-38)30-59-48(68)44-28-42(66)31-63(44)49(69)47(52(2,3)4)61-45(67)32-72-25-8-7-24-71-26-23-62-21-19-37(20-22-62)36-13-16-40(17-14-36)65-51(73)64(50(70)53(65,5)6)41-18-15-39(29-58)43(27-41)54(55,56)57/h9-18,27,33,37,42,44,47,66H,7-8,19-26,28,30-32H2,1-6H3,(H,59,68)(H,61,67)/t42-,44+,47-/m1/s1. The lowest BCUT2D eigenvalue weighted by atomic mass is 9.85. The van der Waals surface area contributed by atoms with Crippen molar-refractivity contribution in [3.8, 4) is 16.5 Å². The molecule has 3 saturated heterocycles. The fourth-order valence-electron chi connectivity index (χ4n) is 9.70. The number of anilines is 2. The maximum Gasteiger partial charge on any atom is 0.417 e. The highest BCUT2D eigenvalue weighted by atomic mass is 32.1. The van der Waals surface area contributed by atoms with Crippen molar-refractivity contribution in [1.29, 1.82) is 5.26 Å². The minimum atomic E-state index is -4.79. The molecule has 3 N–H and O–H groups in total. The van der Waals surface area contributed by atoms with E-state index in [4.69, 9.17) is 21.7 Å². The summed E-state index contributed by atoms with van der Waals surface area (Å²) in [5.74, 6) is -1.42. The third-order valence-electron chi connectivity index (χ3n) is 13.9. The number of nitrogens with one attached hydrogen (secondary N) is 2. The number of halogens is 3. The Bertz CT molecular complexity index is 2700. The van der Waals surface area contributed by atoms with Gasteiger partial charge in [-0.2, -0.15) is 18.4 Å². The van der Waals surface area contributed by atoms with Crippen molar-refractivity contribution >= 4 is 63.7 Å². The van der Waals surface area contributed by atoms with E-state index in [-0.39, 0.29) is 42.8 Å². The molecule has 0 bridgehead atoms. The number of thiazole rings is 1. The molecule has 3 aliphatic rings. The minimum absolute atomic E-state index is 0.0198. The number of likely N-dealkylation sites (tertiary alicyclic amines) is 2. The Balaban J connectivity index is 0.778. The molecule has 0 saturated carbocycles. The Hall–Kier alpha value is -5.82. The summed E-state index contributed by atoms with van der Waals surface area (Å²) in [7, 11) is 0. The maximum absolute atomic E-state index is 14.0. The van der Waals surface area contributed by atoms with Crippen LogP contribution in [0.15, 0.2) is 72.2 Å². The van der Waals surface area contributed by atoms with Crippen LogP contribution >= 0.6 is 23.6 Å². The molecule has 4 amide bonds. The van der Waals surface area contributed by atoms with Crippen molar-refractivity contribution in [2.75, 3.05) is 62.4 Å². The van der Waals surface area contributed by atoms with Gasteiger partial charge in [0.25, 0.3) is 5.91 Å². The third-order valence-corrected chi connectivity index (χ3v) is 15.2. The maximum atomic E-state index is 14.0. The lowest BCUT2D eigenvalue weighted by molar-refractivity contribution is -0.144. The van der Waals surface area contributed by atoms with E-state index < -0.39 is 64.2 Å². The Morgan fingerprint density at radius 2 is 1.64 bits per heavy atom. The SMILES string of the molecule is Cc1ncsc1-c1ccc(CNC(=O)[C@@H]2C[C@@H](O)CN2C(=O)[C@@H](NC(=O)COCCCCOCCN2CCC(c3ccc(N4C(=S)N(c5ccc(C#N)c(C(F)(F)F)c5)C(=O)C4(C)C)cc3)CC2)C(C)(C)C)cc1. The van der Waals surface area contributed by atoms with Gasteiger partial charge in [0.1, 0.15) is 24.2 Å². The average molecular weight is 1060 g/mol. The van der Waals surface area contributed by atoms with E-state index in [0.29, 0.717) is 37.8 Å². The Kier molecular flexibility index (Phi) is 18.0. The molecule has 4 aromatic rings. The lowest BCUT2D eigenvalue weighted by Crippen LogP contribution is -2.58. The molecular weight excluding hydrogens is 994 g/mol. The summed E-state index contributed by atoms with van der Waals surface area (Å²) in [5, 5.41) is 25.6. The number of nitriles is 1. The number of rotatable bonds is 19. The zero-order valence-corrected chi connectivity index (χ0v) is 44.3. The molecule has 7 rings (SSSR count). The summed E-state index contributed by atoms with van der Waals surface area (Å²) >= 11 is 7.27. The molecule has 3 fully saturated rings. The van der Waals surface area contributed by atoms with Crippen LogP contribution in [0.5, 0.6) is 0 Å². The van der Waals surface area contributed by atoms with Crippen molar-refractivity contribution < 1.29 is 46.9 Å². The summed E-state index contributed by atoms with van der Waals surface area (Å²) in [4.78, 5) is 66.1. The smallest absolute Gasteiger partial charge is 0.391 e. The van der Waals surface area contributed by atoms with E-state index in [1.807, 2.05) is 76.2 Å². The number of nitrogens with zero attached hydrogens (tertiary/aromatic N) is 6. The zero-order chi connectivity index (χ0) is 53.5. The monoisotopic (exact) mass is 1060 g/mol. The number of amides is 4. The first kappa shape index (κ1) is 55.9. The van der Waals surface area contributed by atoms with E-state index in [2.05, 4.69) is 20.5 Å². The summed E-state index contributed by atoms with van der Waals surface area (Å²) in [6, 6.07) is 18.5. The molecular formula is C54H65F3N8O7S2. The molecule has 0 aliphatic carbocycles. The number of hydrogen-bond acceptors (Lipinski definition) is 12. The van der Waals surface area contributed by atoms with Gasteiger partial charge >= 0.3 is 6.18 Å². The first-order valence-corrected chi connectivity index (χ1v) is 26.2. The largest absolute Gasteiger partial charge is 0.417 e. The van der Waals surface area contributed by atoms with Crippen LogP contribution in [0.3, 0.4) is 0 Å². The number of alkyl halides is 3. The van der Waals surface area contributed by atoms with Crippen LogP contribution in [0.4, 0.5) is 24.5 Å². The van der Waals surface area contributed by atoms with Gasteiger partial charge in [0.2, 0.25) is 17.7 Å². The lowest BCUT2D eigenvalue weighted by Gasteiger charge is -2.35. The summed E-state index contributed by atoms with van der Waals surface area (Å²) < 4.78 is 52.9. The van der Waals surface area contributed by atoms with Crippen molar-refractivity contribution in [3.63, 3.8) is 0 Å². The number of carbonyl (C=O) groups is 4. The number of aliphatic hydroxyl groups excluding tert-OH is 1. The van der Waals surface area contributed by atoms with Crippen LogP contribution in [0.1, 0.15) is 101 Å². The second-order valence-corrected chi connectivity index (χ2v) is 21.9. The quantitative estimate of drug-likeness (QED) is 0.0616. The topological polar surface area (TPSA) is 181 Å². The molecule has 74 heavy (non-hydrogen) atoms. The molecule has 3 atom stereocenters. The first-order chi connectivity index (χ1) is 35.1. The van der Waals surface area contributed by atoms with Gasteiger partial charge in [-0.05, 0) is 130 Å². The third kappa shape index (κ3) is 13.2. The van der Waals surface area contributed by atoms with E-state index >= 15 is 0 Å². The van der Waals surface area contributed by atoms with E-state index in [1.165, 1.54) is 11.0 Å². The molecule has 0 spiro atoms. The van der Waals surface area contributed by atoms with Gasteiger partial charge in [0, 0.05) is 45.0 Å². The number of carbonyl (C=O) groups excluding carboxylic acids is 4. The number of piperidine rings is 1. The van der Waals surface area contributed by atoms with Crippen LogP contribution in [0, 0.1) is 23.7 Å². The molecule has 20 heteroatoms. The second-order valence-electron chi connectivity index (χ2n) is 20.7. The number of aromatic nitrogens is 1. The molecule has 1 aromatic heterocycles. The van der Waals surface area contributed by atoms with E-state index in [9.17, 15) is 42.7 Å². The highest BCUT2D eigenvalue weighted by Crippen LogP contribution is 2.41. The predicted octanol–water partition coefficient (Wildman–Crippen LogP) is 7.73. The normalized spacial score (nSPS) is 19.0. The second kappa shape index (κ2) is 23.8. The average Bonchev–Trinajstić information content (AvgIpc) is 4.03. The minimum Gasteiger partial charge on any atom is -0.391 e. The van der Waals surface area contributed by atoms with Crippen molar-refractivity contribution in [2.45, 2.75) is 116 Å². The number of β-amino-alcohol motifs (C(OH)–C–C–N with tert-alkyl or cyclic N) is 1. The Morgan fingerprint density at radius 3 is 2.26 bits per heavy atom. The number of benzene rings is 3. The fourth-order valence-corrected chi connectivity index (χ4v) is 11.0. The molecule has 396 valence electrons. The fraction of sp³-hybridized carbons (Fsp3) is 0.500. The van der Waals surface area contributed by atoms with Gasteiger partial charge < -0.3 is 39.9 Å². The van der Waals surface area contributed by atoms with E-state index in [0.717, 1.165) is 83.2 Å². The van der Waals surface area contributed by atoms with Gasteiger partial charge in [0.05, 0.1) is 51.7 Å². The zero-order valence-electron chi connectivity index (χ0n) is 42.7. The predicted molar refractivity (Wildman–Crippen MR) is 280 cm³/mol. The van der Waals surface area contributed by atoms with E-state index in [1.54, 1.807) is 41.7 Å². The van der Waals surface area contributed by atoms with Crippen molar-refractivity contribution in [2.24, 2.45) is 5.41 Å². The van der Waals surface area contributed by atoms with Crippen molar-refractivity contribution in [3.05, 3.63) is 100 Å². The molecule has 3 aromatic carbocycles. The van der Waals surface area contributed by atoms with Gasteiger partial charge in [0.15, 0.2) is 5.11 Å². The van der Waals surface area contributed by atoms with Crippen LogP contribution < -0.4 is 20.4 Å². The first-order valence-electron chi connectivity index (χ1n) is 24.9. The Labute approximate surface area is 440 Å². The van der Waals surface area contributed by atoms with Crippen LogP contribution in [-0.2, 0) is 41.4 Å². The summed E-state index contributed by atoms with van der Waals surface area (Å²) in [6.07, 6.45) is -2.27. The molecule has 4 heterocycles. The highest BCUT2D eigenvalue weighted by Gasteiger charge is 2.51. The number of aliphatic hydroxyl groups is 1. The number of hydrogen-bond donors (Lipinski definition) is 3. The van der Waals surface area contributed by atoms with Gasteiger partial charge in [-0.1, -0.05) is 57.2 Å². The molecule has 3 aliphatic heterocycles. The van der Waals surface area contributed by atoms with Crippen molar-refractivity contribution in [1.82, 2.24) is 25.4 Å². The summed E-state index contributed by atoms with van der Waals surface area (Å²) in [5.41, 5.74) is 2.88. The van der Waals surface area contributed by atoms with Crippen LogP contribution in [0.2, 0.25) is 0 Å². The molecule has 0 radical (unpaired) electrons. The number of unbranched alkanes of at least 4 members (excludes halogenated alkanes) is 1. The van der Waals surface area contributed by atoms with Gasteiger partial charge in [-0.15, -0.1) is 11.3 Å². The number of thiocarbonyl (C=S) groups is 1. The molecule has 15 nitrogen and oxygen atoms in total. The number of aryl methyl sites for hydroxylation is 1. The van der Waals surface area contributed by atoms with Gasteiger partial charge in [-0.3, -0.25) is 24.1 Å². The van der Waals surface area contributed by atoms with Crippen LogP contribution in [0.25, 0.3) is 10.4 Å². The Morgan fingerprint density at radius 1 is 0.973 bits per heavy atom.